The van der Waals surface area contributed by atoms with Gasteiger partial charge >= 0.3 is 11.7 Å². The Hall–Kier alpha value is -3.82. The highest BCUT2D eigenvalue weighted by Gasteiger charge is 2.36. The third kappa shape index (κ3) is 5.57. The van der Waals surface area contributed by atoms with Gasteiger partial charge in [0.1, 0.15) is 6.04 Å². The van der Waals surface area contributed by atoms with E-state index in [2.05, 4.69) is 5.32 Å². The smallest absolute Gasteiger partial charge is 0.335 e. The number of esters is 1. The normalized spacial score (nSPS) is 17.6. The lowest BCUT2D eigenvalue weighted by atomic mass is 9.91. The molecule has 0 saturated heterocycles. The van der Waals surface area contributed by atoms with Gasteiger partial charge in [0.05, 0.1) is 39.2 Å². The molecule has 1 aliphatic carbocycles. The lowest BCUT2D eigenvalue weighted by Gasteiger charge is -2.28. The second kappa shape index (κ2) is 11.3. The molecule has 11 heteroatoms. The molecule has 0 radical (unpaired) electrons. The molecule has 1 N–H and O–H groups in total. The van der Waals surface area contributed by atoms with Crippen LogP contribution >= 0.6 is 23.2 Å². The Morgan fingerprint density at radius 3 is 2.42 bits per heavy atom. The topological polar surface area (TPSA) is 103 Å². The minimum atomic E-state index is -1.03. The number of hydrogen-bond donors (Lipinski definition) is 1. The fourth-order valence-corrected chi connectivity index (χ4v) is 5.41. The van der Waals surface area contributed by atoms with Gasteiger partial charge in [-0.25, -0.2) is 14.2 Å². The van der Waals surface area contributed by atoms with E-state index in [-0.39, 0.29) is 17.0 Å². The van der Waals surface area contributed by atoms with Gasteiger partial charge in [0.25, 0.3) is 11.5 Å². The van der Waals surface area contributed by atoms with Crippen molar-refractivity contribution >= 4 is 51.7 Å². The summed E-state index contributed by atoms with van der Waals surface area (Å²) in [5, 5.41) is 3.30. The molecule has 2 aromatic carbocycles. The highest BCUT2D eigenvalue weighted by molar-refractivity contribution is 6.37. The SMILES string of the molecule is COC(=O)[C@H](Cc1ccc(-n2c(=O)c3cc(N(C)C)ccc3n(C)c2=O)cc1)NC(=O)C1=C(Cl)C=CCC1(C)Cl. The van der Waals surface area contributed by atoms with Crippen LogP contribution in [0.4, 0.5) is 5.69 Å². The van der Waals surface area contributed by atoms with Crippen LogP contribution in [0, 0.1) is 0 Å². The van der Waals surface area contributed by atoms with Gasteiger partial charge in [-0.1, -0.05) is 29.8 Å². The number of carbonyl (C=O) groups excluding carboxylic acids is 2. The molecule has 9 nitrogen and oxygen atoms in total. The highest BCUT2D eigenvalue weighted by Crippen LogP contribution is 2.36. The number of amides is 1. The van der Waals surface area contributed by atoms with Crippen LogP contribution in [0.15, 0.2) is 74.8 Å². The third-order valence-corrected chi connectivity index (χ3v) is 7.61. The highest BCUT2D eigenvalue weighted by atomic mass is 35.5. The summed E-state index contributed by atoms with van der Waals surface area (Å²) in [6, 6.07) is 10.9. The average molecular weight is 585 g/mol. The molecule has 0 saturated carbocycles. The first-order valence-corrected chi connectivity index (χ1v) is 13.3. The number of carbonyl (C=O) groups is 2. The maximum Gasteiger partial charge on any atom is 0.335 e. The molecule has 2 atom stereocenters. The van der Waals surface area contributed by atoms with Crippen LogP contribution in [-0.4, -0.2) is 53.1 Å². The van der Waals surface area contributed by atoms with Crippen molar-refractivity contribution in [3.63, 3.8) is 0 Å². The number of halogens is 2. The number of ether oxygens (including phenoxy) is 1. The standard InChI is InChI=1S/C29H30Cl2N4O5/c1-29(31)14-6-7-21(30)24(29)25(36)32-22(27(38)40-5)15-17-8-10-18(11-9-17)35-26(37)20-16-19(33(2)3)12-13-23(20)34(4)28(35)39/h6-13,16,22H,14-15H2,1-5H3,(H,32,36)/t22-,29?/m0/s1. The van der Waals surface area contributed by atoms with E-state index < -0.39 is 34.0 Å². The van der Waals surface area contributed by atoms with E-state index in [1.807, 2.05) is 25.1 Å². The van der Waals surface area contributed by atoms with Crippen molar-refractivity contribution in [3.8, 4) is 5.69 Å². The fraction of sp³-hybridized carbons (Fsp3) is 0.310. The number of aromatic nitrogens is 2. The summed E-state index contributed by atoms with van der Waals surface area (Å²) < 4.78 is 7.45. The second-order valence-electron chi connectivity index (χ2n) is 10.0. The van der Waals surface area contributed by atoms with E-state index in [0.717, 1.165) is 10.3 Å². The first-order valence-electron chi connectivity index (χ1n) is 12.5. The predicted octanol–water partition coefficient (Wildman–Crippen LogP) is 3.41. The summed E-state index contributed by atoms with van der Waals surface area (Å²) in [5.41, 5.74) is 1.64. The van der Waals surface area contributed by atoms with Gasteiger partial charge < -0.3 is 15.0 Å². The molecule has 1 aromatic heterocycles. The summed E-state index contributed by atoms with van der Waals surface area (Å²) in [7, 11) is 6.59. The Bertz CT molecular complexity index is 1670. The van der Waals surface area contributed by atoms with Gasteiger partial charge in [0.15, 0.2) is 0 Å². The molecule has 1 unspecified atom stereocenters. The molecule has 0 bridgehead atoms. The lowest BCUT2D eigenvalue weighted by molar-refractivity contribution is -0.144. The number of anilines is 1. The van der Waals surface area contributed by atoms with E-state index in [1.165, 1.54) is 11.7 Å². The molecule has 3 aromatic rings. The van der Waals surface area contributed by atoms with Gasteiger partial charge in [-0.15, -0.1) is 11.6 Å². The van der Waals surface area contributed by atoms with Gasteiger partial charge in [-0.05, 0) is 55.3 Å². The molecule has 0 spiro atoms. The van der Waals surface area contributed by atoms with Crippen LogP contribution in [0.1, 0.15) is 18.9 Å². The molecule has 0 fully saturated rings. The van der Waals surface area contributed by atoms with E-state index in [9.17, 15) is 19.2 Å². The van der Waals surface area contributed by atoms with E-state index >= 15 is 0 Å². The van der Waals surface area contributed by atoms with Crippen molar-refractivity contribution < 1.29 is 14.3 Å². The number of benzene rings is 2. The predicted molar refractivity (Wildman–Crippen MR) is 158 cm³/mol. The Morgan fingerprint density at radius 2 is 1.82 bits per heavy atom. The molecule has 1 amide bonds. The Kier molecular flexibility index (Phi) is 8.28. The summed E-state index contributed by atoms with van der Waals surface area (Å²) in [4.78, 5) is 53.1. The van der Waals surface area contributed by atoms with Crippen molar-refractivity contribution in [1.29, 1.82) is 0 Å². The van der Waals surface area contributed by atoms with E-state index in [4.69, 9.17) is 27.9 Å². The number of fused-ring (bicyclic) bond motifs is 1. The van der Waals surface area contributed by atoms with Crippen molar-refractivity contribution in [2.24, 2.45) is 7.05 Å². The molecular weight excluding hydrogens is 555 g/mol. The number of aryl methyl sites for hydroxylation is 1. The van der Waals surface area contributed by atoms with Gasteiger partial charge in [0, 0.05) is 33.3 Å². The maximum atomic E-state index is 13.4. The van der Waals surface area contributed by atoms with Crippen molar-refractivity contribution in [3.05, 3.63) is 91.6 Å². The number of hydrogen-bond acceptors (Lipinski definition) is 6. The van der Waals surface area contributed by atoms with Crippen LogP contribution < -0.4 is 21.5 Å². The third-order valence-electron chi connectivity index (χ3n) is 6.95. The van der Waals surface area contributed by atoms with E-state index in [1.54, 1.807) is 62.5 Å². The van der Waals surface area contributed by atoms with Crippen molar-refractivity contribution in [2.45, 2.75) is 30.7 Å². The number of nitrogens with zero attached hydrogens (tertiary/aromatic N) is 3. The zero-order valence-electron chi connectivity index (χ0n) is 22.8. The van der Waals surface area contributed by atoms with Crippen molar-refractivity contribution in [2.75, 3.05) is 26.1 Å². The monoisotopic (exact) mass is 584 g/mol. The summed E-state index contributed by atoms with van der Waals surface area (Å²) in [6.07, 6.45) is 3.88. The number of alkyl halides is 1. The number of nitrogens with one attached hydrogen (secondary N) is 1. The summed E-state index contributed by atoms with van der Waals surface area (Å²) in [6.45, 7) is 1.68. The van der Waals surface area contributed by atoms with Crippen LogP contribution in [0.5, 0.6) is 0 Å². The largest absolute Gasteiger partial charge is 0.467 e. The Labute approximate surface area is 241 Å². The minimum Gasteiger partial charge on any atom is -0.467 e. The van der Waals surface area contributed by atoms with Crippen molar-refractivity contribution in [1.82, 2.24) is 14.5 Å². The zero-order chi connectivity index (χ0) is 29.4. The molecule has 1 aliphatic rings. The Balaban J connectivity index is 1.65. The van der Waals surface area contributed by atoms with Gasteiger partial charge in [-0.2, -0.15) is 0 Å². The van der Waals surface area contributed by atoms with E-state index in [0.29, 0.717) is 28.6 Å². The van der Waals surface area contributed by atoms with Gasteiger partial charge in [-0.3, -0.25) is 14.2 Å². The Morgan fingerprint density at radius 1 is 1.15 bits per heavy atom. The summed E-state index contributed by atoms with van der Waals surface area (Å²) in [5.74, 6) is -1.21. The molecule has 4 rings (SSSR count). The molecular formula is C29H30Cl2N4O5. The zero-order valence-corrected chi connectivity index (χ0v) is 24.3. The summed E-state index contributed by atoms with van der Waals surface area (Å²) >= 11 is 12.8. The molecule has 0 aliphatic heterocycles. The maximum absolute atomic E-state index is 13.4. The van der Waals surface area contributed by atoms with Gasteiger partial charge in [0.2, 0.25) is 0 Å². The number of rotatable bonds is 7. The van der Waals surface area contributed by atoms with Crippen LogP contribution in [0.2, 0.25) is 0 Å². The fourth-order valence-electron chi connectivity index (χ4n) is 4.70. The first-order chi connectivity index (χ1) is 18.9. The quantitative estimate of drug-likeness (QED) is 0.337. The molecule has 1 heterocycles. The molecule has 40 heavy (non-hydrogen) atoms. The molecule has 210 valence electrons. The van der Waals surface area contributed by atoms with Crippen LogP contribution in [0.3, 0.4) is 0 Å². The lowest BCUT2D eigenvalue weighted by Crippen LogP contribution is -2.46. The van der Waals surface area contributed by atoms with Crippen LogP contribution in [0.25, 0.3) is 16.6 Å². The second-order valence-corrected chi connectivity index (χ2v) is 11.3. The average Bonchev–Trinajstić information content (AvgIpc) is 2.91. The number of allylic oxidation sites excluding steroid dienone is 3. The number of methoxy groups -OCH3 is 1. The van der Waals surface area contributed by atoms with Crippen LogP contribution in [-0.2, 0) is 27.8 Å². The minimum absolute atomic E-state index is 0.0925. The first kappa shape index (κ1) is 29.2.